The van der Waals surface area contributed by atoms with Gasteiger partial charge in [-0.25, -0.2) is 0 Å². The maximum absolute atomic E-state index is 9.44. The van der Waals surface area contributed by atoms with Gasteiger partial charge in [0.15, 0.2) is 11.5 Å². The number of ether oxygens (including phenoxy) is 4. The van der Waals surface area contributed by atoms with Crippen molar-refractivity contribution in [3.05, 3.63) is 126 Å². The lowest BCUT2D eigenvalue weighted by Crippen LogP contribution is -1.98. The lowest BCUT2D eigenvalue weighted by atomic mass is 10.1. The van der Waals surface area contributed by atoms with Crippen molar-refractivity contribution in [2.24, 2.45) is 0 Å². The maximum Gasteiger partial charge on any atom is 0.161 e. The van der Waals surface area contributed by atoms with E-state index in [-0.39, 0.29) is 17.8 Å². The van der Waals surface area contributed by atoms with Crippen LogP contribution in [0.1, 0.15) is 16.7 Å². The molecule has 0 amide bonds. The molecule has 0 saturated carbocycles. The Balaban J connectivity index is 0.000000205. The number of aliphatic hydroxyl groups is 1. The Kier molecular flexibility index (Phi) is 13.1. The summed E-state index contributed by atoms with van der Waals surface area (Å²) in [6.45, 7) is 2.53. The zero-order valence-electron chi connectivity index (χ0n) is 27.0. The summed E-state index contributed by atoms with van der Waals surface area (Å²) in [7, 11) is 4.83. The topological polar surface area (TPSA) is 161 Å². The molecule has 9 nitrogen and oxygen atoms in total. The molecule has 47 heavy (non-hydrogen) atoms. The third kappa shape index (κ3) is 8.97. The fraction of sp³-hybridized carbons (Fsp3) is 0.158. The number of fused-ring (bicyclic) bond motifs is 2. The molecule has 0 aliphatic rings. The van der Waals surface area contributed by atoms with Gasteiger partial charge in [-0.2, -0.15) is 0 Å². The average Bonchev–Trinajstić information content (AvgIpc) is 3.10. The maximum atomic E-state index is 9.44. The first kappa shape index (κ1) is 35.8. The average molecular weight is 639 g/mol. The van der Waals surface area contributed by atoms with Crippen LogP contribution in [0.15, 0.2) is 109 Å². The summed E-state index contributed by atoms with van der Waals surface area (Å²) in [6.07, 6.45) is 0. The Hall–Kier alpha value is -5.64. The second-order valence-electron chi connectivity index (χ2n) is 10.4. The molecule has 6 aromatic carbocycles. The predicted molar refractivity (Wildman–Crippen MR) is 190 cm³/mol. The minimum atomic E-state index is 0. The number of hydrogen-bond donors (Lipinski definition) is 4. The summed E-state index contributed by atoms with van der Waals surface area (Å²) < 4.78 is 21.4. The molecule has 8 N–H and O–H groups in total. The van der Waals surface area contributed by atoms with Gasteiger partial charge in [0.2, 0.25) is 0 Å². The zero-order valence-corrected chi connectivity index (χ0v) is 27.0. The van der Waals surface area contributed by atoms with Crippen molar-refractivity contribution in [3.8, 4) is 28.7 Å². The Morgan fingerprint density at radius 3 is 1.66 bits per heavy atom. The molecule has 0 atom stereocenters. The Bertz CT molecular complexity index is 1870. The van der Waals surface area contributed by atoms with Gasteiger partial charge in [0.25, 0.3) is 0 Å². The second-order valence-corrected chi connectivity index (χ2v) is 10.4. The lowest BCUT2D eigenvalue weighted by molar-refractivity contribution is 0.280. The molecular formula is C38H42N2O7. The van der Waals surface area contributed by atoms with E-state index in [0.29, 0.717) is 23.8 Å². The van der Waals surface area contributed by atoms with Gasteiger partial charge in [0.1, 0.15) is 23.9 Å². The Morgan fingerprint density at radius 2 is 1.06 bits per heavy atom. The van der Waals surface area contributed by atoms with Crippen LogP contribution >= 0.6 is 0 Å². The third-order valence-electron chi connectivity index (χ3n) is 7.35. The third-order valence-corrected chi connectivity index (χ3v) is 7.35. The highest BCUT2D eigenvalue weighted by molar-refractivity contribution is 5.97. The largest absolute Gasteiger partial charge is 0.507 e. The van der Waals surface area contributed by atoms with Crippen molar-refractivity contribution in [2.45, 2.75) is 20.1 Å². The number of aliphatic hydroxyl groups excluding tert-OH is 1. The predicted octanol–water partition coefficient (Wildman–Crippen LogP) is 6.82. The Labute approximate surface area is 274 Å². The summed E-state index contributed by atoms with van der Waals surface area (Å²) in [5.74, 6) is 3.31. The summed E-state index contributed by atoms with van der Waals surface area (Å²) in [5.41, 5.74) is 16.2. The number of aromatic hydroxyl groups is 1. The van der Waals surface area contributed by atoms with Crippen LogP contribution in [0.4, 0.5) is 11.4 Å². The highest BCUT2D eigenvalue weighted by Crippen LogP contribution is 2.31. The molecule has 0 unspecified atom stereocenters. The highest BCUT2D eigenvalue weighted by Gasteiger charge is 2.07. The smallest absolute Gasteiger partial charge is 0.161 e. The molecule has 0 saturated heterocycles. The van der Waals surface area contributed by atoms with Crippen molar-refractivity contribution in [2.75, 3.05) is 32.8 Å². The minimum Gasteiger partial charge on any atom is -0.507 e. The molecule has 0 aromatic heterocycles. The van der Waals surface area contributed by atoms with E-state index in [4.69, 9.17) is 35.5 Å². The van der Waals surface area contributed by atoms with E-state index in [2.05, 4.69) is 6.07 Å². The van der Waals surface area contributed by atoms with Crippen LogP contribution < -0.4 is 30.4 Å². The quantitative estimate of drug-likeness (QED) is 0.109. The summed E-state index contributed by atoms with van der Waals surface area (Å²) >= 11 is 0. The number of methoxy groups -OCH3 is 3. The van der Waals surface area contributed by atoms with Crippen LogP contribution in [0.2, 0.25) is 0 Å². The van der Waals surface area contributed by atoms with E-state index in [1.807, 2.05) is 79.7 Å². The van der Waals surface area contributed by atoms with Gasteiger partial charge in [0, 0.05) is 32.9 Å². The summed E-state index contributed by atoms with van der Waals surface area (Å²) in [6, 6.07) is 34.0. The second kappa shape index (κ2) is 17.2. The molecule has 0 aliphatic heterocycles. The van der Waals surface area contributed by atoms with Crippen LogP contribution in [-0.2, 0) is 13.2 Å². The van der Waals surface area contributed by atoms with Crippen molar-refractivity contribution in [1.29, 1.82) is 0 Å². The highest BCUT2D eigenvalue weighted by atomic mass is 16.5. The molecule has 6 aromatic rings. The normalized spacial score (nSPS) is 10.1. The number of aryl methyl sites for hydroxylation is 1. The molecule has 6 rings (SSSR count). The molecule has 246 valence electrons. The standard InChI is InChI=1S/C19H19NO2.C10H9NO.C9H12O3.H2O/c1-13-7-8-14(11-19(13)21-2)12-22-18-10-9-17(20)15-5-3-4-6-16(15)18;11-9-5-6-10(12)8-4-2-1-3-7(8)9;1-11-8-4-3-7(6-10)5-9(8)12-2;/h3-11H,12,20H2,1-2H3;1-6,12H,11H2;3-5,10H,6H2,1-2H3;1H2. The number of phenolic OH excluding ortho intramolecular Hbond substituents is 1. The molecule has 0 radical (unpaired) electrons. The van der Waals surface area contributed by atoms with E-state index in [9.17, 15) is 5.11 Å². The monoisotopic (exact) mass is 638 g/mol. The SMILES string of the molecule is COc1cc(COc2ccc(N)c3ccccc23)ccc1C.COc1ccc(CO)cc1OC.Nc1ccc(O)c2ccccc12.O. The molecule has 9 heteroatoms. The minimum absolute atomic E-state index is 0. The van der Waals surface area contributed by atoms with Gasteiger partial charge in [-0.3, -0.25) is 0 Å². The number of hydrogen-bond acceptors (Lipinski definition) is 8. The number of nitrogen functional groups attached to an aromatic ring is 2. The Morgan fingerprint density at radius 1 is 0.553 bits per heavy atom. The van der Waals surface area contributed by atoms with Gasteiger partial charge >= 0.3 is 0 Å². The number of anilines is 2. The van der Waals surface area contributed by atoms with Gasteiger partial charge in [-0.15, -0.1) is 0 Å². The van der Waals surface area contributed by atoms with Gasteiger partial charge < -0.3 is 46.1 Å². The van der Waals surface area contributed by atoms with E-state index in [1.54, 1.807) is 51.7 Å². The van der Waals surface area contributed by atoms with E-state index >= 15 is 0 Å². The lowest BCUT2D eigenvalue weighted by Gasteiger charge is -2.12. The first-order valence-corrected chi connectivity index (χ1v) is 14.6. The van der Waals surface area contributed by atoms with Gasteiger partial charge in [-0.05, 0) is 66.1 Å². The number of rotatable bonds is 7. The number of phenols is 1. The van der Waals surface area contributed by atoms with Crippen molar-refractivity contribution >= 4 is 32.9 Å². The van der Waals surface area contributed by atoms with Crippen molar-refractivity contribution in [1.82, 2.24) is 0 Å². The van der Waals surface area contributed by atoms with E-state index in [0.717, 1.165) is 55.4 Å². The first-order chi connectivity index (χ1) is 22.3. The van der Waals surface area contributed by atoms with Crippen LogP contribution in [0.3, 0.4) is 0 Å². The fourth-order valence-corrected chi connectivity index (χ4v) is 4.82. The summed E-state index contributed by atoms with van der Waals surface area (Å²) in [5, 5.41) is 22.0. The molecular weight excluding hydrogens is 596 g/mol. The van der Waals surface area contributed by atoms with Crippen LogP contribution in [0, 0.1) is 6.92 Å². The number of benzene rings is 6. The van der Waals surface area contributed by atoms with Crippen LogP contribution in [0.5, 0.6) is 28.7 Å². The zero-order chi connectivity index (χ0) is 33.1. The number of nitrogens with two attached hydrogens (primary N) is 2. The molecule has 0 spiro atoms. The molecule has 0 fully saturated rings. The molecule has 0 heterocycles. The van der Waals surface area contributed by atoms with Crippen molar-refractivity contribution in [3.63, 3.8) is 0 Å². The van der Waals surface area contributed by atoms with E-state index in [1.165, 1.54) is 0 Å². The van der Waals surface area contributed by atoms with E-state index < -0.39 is 0 Å². The van der Waals surface area contributed by atoms with Gasteiger partial charge in [-0.1, -0.05) is 66.7 Å². The van der Waals surface area contributed by atoms with Gasteiger partial charge in [0.05, 0.1) is 27.9 Å². The van der Waals surface area contributed by atoms with Crippen LogP contribution in [0.25, 0.3) is 21.5 Å². The first-order valence-electron chi connectivity index (χ1n) is 14.6. The van der Waals surface area contributed by atoms with Crippen molar-refractivity contribution < 1.29 is 34.6 Å². The fourth-order valence-electron chi connectivity index (χ4n) is 4.82. The molecule has 0 aliphatic carbocycles. The van der Waals surface area contributed by atoms with Crippen LogP contribution in [-0.4, -0.2) is 37.0 Å². The molecule has 0 bridgehead atoms. The summed E-state index contributed by atoms with van der Waals surface area (Å²) in [4.78, 5) is 0.